The van der Waals surface area contributed by atoms with E-state index in [1.807, 2.05) is 0 Å². The number of rotatable bonds is 3. The van der Waals surface area contributed by atoms with Crippen LogP contribution in [-0.2, 0) is 0 Å². The lowest BCUT2D eigenvalue weighted by Crippen LogP contribution is -2.16. The van der Waals surface area contributed by atoms with Gasteiger partial charge in [0.2, 0.25) is 0 Å². The number of hydrogen-bond acceptors (Lipinski definition) is 3. The van der Waals surface area contributed by atoms with Crippen LogP contribution in [0.2, 0.25) is 5.02 Å². The van der Waals surface area contributed by atoms with Crippen molar-refractivity contribution in [2.45, 2.75) is 0 Å². The number of hydrogen-bond donors (Lipinski definition) is 2. The normalized spacial score (nSPS) is 10.2. The summed E-state index contributed by atoms with van der Waals surface area (Å²) in [5.41, 5.74) is 0.247. The number of carboxylic acids is 1. The van der Waals surface area contributed by atoms with Crippen LogP contribution in [0, 0.1) is 0 Å². The fourth-order valence-corrected chi connectivity index (χ4v) is 2.99. The van der Waals surface area contributed by atoms with E-state index < -0.39 is 11.9 Å². The molecule has 0 bridgehead atoms. The van der Waals surface area contributed by atoms with Crippen molar-refractivity contribution in [2.24, 2.45) is 0 Å². The van der Waals surface area contributed by atoms with Gasteiger partial charge < -0.3 is 10.4 Å². The highest BCUT2D eigenvalue weighted by Crippen LogP contribution is 2.31. The second kappa shape index (κ2) is 6.55. The first-order chi connectivity index (χ1) is 9.88. The molecule has 0 saturated carbocycles. The quantitative estimate of drug-likeness (QED) is 0.759. The Morgan fingerprint density at radius 3 is 2.52 bits per heavy atom. The molecule has 0 radical (unpaired) electrons. The summed E-state index contributed by atoms with van der Waals surface area (Å²) >= 11 is 12.1. The Balaban J connectivity index is 2.37. The Bertz CT molecular complexity index is 720. The molecule has 1 aromatic heterocycles. The summed E-state index contributed by atoms with van der Waals surface area (Å²) in [5, 5.41) is 12.1. The Morgan fingerprint density at radius 2 is 1.95 bits per heavy atom. The standard InChI is InChI=1S/C13H7Br2ClN2O3/c14-6-3-8(13(20)21)11(9(15)4-6)18-12(19)10-2-1-7(16)5-17-10/h1-5H,(H,18,19)(H,20,21). The first-order valence-corrected chi connectivity index (χ1v) is 7.50. The molecule has 1 amide bonds. The Kier molecular flexibility index (Phi) is 4.97. The van der Waals surface area contributed by atoms with Crippen molar-refractivity contribution in [2.75, 3.05) is 5.32 Å². The molecule has 0 saturated heterocycles. The van der Waals surface area contributed by atoms with Crippen molar-refractivity contribution in [1.82, 2.24) is 4.98 Å². The van der Waals surface area contributed by atoms with Gasteiger partial charge >= 0.3 is 5.97 Å². The summed E-state index contributed by atoms with van der Waals surface area (Å²) in [6.45, 7) is 0. The highest BCUT2D eigenvalue weighted by Gasteiger charge is 2.18. The average Bonchev–Trinajstić information content (AvgIpc) is 2.41. The molecule has 2 N–H and O–H groups in total. The number of nitrogens with one attached hydrogen (secondary N) is 1. The minimum atomic E-state index is -1.16. The van der Waals surface area contributed by atoms with Gasteiger partial charge in [-0.1, -0.05) is 27.5 Å². The summed E-state index contributed by atoms with van der Waals surface area (Å²) in [7, 11) is 0. The van der Waals surface area contributed by atoms with E-state index in [9.17, 15) is 14.7 Å². The SMILES string of the molecule is O=C(Nc1c(Br)cc(Br)cc1C(=O)O)c1ccc(Cl)cn1. The molecule has 0 spiro atoms. The Labute approximate surface area is 141 Å². The van der Waals surface area contributed by atoms with Crippen molar-refractivity contribution in [3.8, 4) is 0 Å². The van der Waals surface area contributed by atoms with E-state index in [1.165, 1.54) is 24.4 Å². The molecule has 1 heterocycles. The summed E-state index contributed by atoms with van der Waals surface area (Å²) < 4.78 is 1.02. The molecule has 0 aliphatic carbocycles. The maximum absolute atomic E-state index is 12.1. The van der Waals surface area contributed by atoms with Crippen molar-refractivity contribution in [3.63, 3.8) is 0 Å². The van der Waals surface area contributed by atoms with Crippen LogP contribution >= 0.6 is 43.5 Å². The largest absolute Gasteiger partial charge is 0.478 e. The van der Waals surface area contributed by atoms with Gasteiger partial charge in [0.1, 0.15) is 5.69 Å². The van der Waals surface area contributed by atoms with Crippen molar-refractivity contribution in [3.05, 3.63) is 55.7 Å². The molecule has 2 aromatic rings. The Morgan fingerprint density at radius 1 is 1.24 bits per heavy atom. The van der Waals surface area contributed by atoms with E-state index in [-0.39, 0.29) is 16.9 Å². The molecular formula is C13H7Br2ClN2O3. The van der Waals surface area contributed by atoms with Crippen molar-refractivity contribution < 1.29 is 14.7 Å². The van der Waals surface area contributed by atoms with Gasteiger partial charge in [0.15, 0.2) is 0 Å². The van der Waals surface area contributed by atoms with E-state index in [1.54, 1.807) is 6.07 Å². The summed E-state index contributed by atoms with van der Waals surface area (Å²) in [5.74, 6) is -1.69. The average molecular weight is 434 g/mol. The number of carboxylic acid groups (broad SMARTS) is 1. The van der Waals surface area contributed by atoms with E-state index in [0.29, 0.717) is 14.0 Å². The molecule has 0 aliphatic rings. The molecule has 0 atom stereocenters. The number of carbonyl (C=O) groups excluding carboxylic acids is 1. The highest BCUT2D eigenvalue weighted by atomic mass is 79.9. The van der Waals surface area contributed by atoms with E-state index in [4.69, 9.17) is 11.6 Å². The highest BCUT2D eigenvalue weighted by molar-refractivity contribution is 9.11. The minimum Gasteiger partial charge on any atom is -0.478 e. The number of aromatic carboxylic acids is 1. The van der Waals surface area contributed by atoms with E-state index >= 15 is 0 Å². The number of halogens is 3. The third-order valence-corrected chi connectivity index (χ3v) is 3.79. The Hall–Kier alpha value is -1.44. The van der Waals surface area contributed by atoms with Gasteiger partial charge in [-0.3, -0.25) is 4.79 Å². The predicted molar refractivity (Wildman–Crippen MR) is 86.0 cm³/mol. The van der Waals surface area contributed by atoms with Gasteiger partial charge in [-0.15, -0.1) is 0 Å². The zero-order valence-electron chi connectivity index (χ0n) is 10.2. The third kappa shape index (κ3) is 3.81. The van der Waals surface area contributed by atoms with Crippen molar-refractivity contribution in [1.29, 1.82) is 0 Å². The lowest BCUT2D eigenvalue weighted by molar-refractivity contribution is 0.0698. The van der Waals surface area contributed by atoms with Gasteiger partial charge in [-0.25, -0.2) is 9.78 Å². The zero-order chi connectivity index (χ0) is 15.6. The van der Waals surface area contributed by atoms with Crippen LogP contribution in [0.1, 0.15) is 20.8 Å². The molecule has 0 unspecified atom stereocenters. The summed E-state index contributed by atoms with van der Waals surface area (Å²) in [6.07, 6.45) is 1.34. The van der Waals surface area contributed by atoms with Crippen LogP contribution in [0.3, 0.4) is 0 Å². The molecule has 1 aromatic carbocycles. The molecular weight excluding hydrogens is 427 g/mol. The zero-order valence-corrected chi connectivity index (χ0v) is 14.2. The van der Waals surface area contributed by atoms with Crippen LogP contribution in [0.4, 0.5) is 5.69 Å². The molecule has 0 fully saturated rings. The third-order valence-electron chi connectivity index (χ3n) is 2.48. The number of anilines is 1. The fraction of sp³-hybridized carbons (Fsp3) is 0. The topological polar surface area (TPSA) is 79.3 Å². The molecule has 8 heteroatoms. The van der Waals surface area contributed by atoms with E-state index in [2.05, 4.69) is 42.2 Å². The maximum Gasteiger partial charge on any atom is 0.337 e. The van der Waals surface area contributed by atoms with Gasteiger partial charge in [-0.05, 0) is 40.2 Å². The lowest BCUT2D eigenvalue weighted by Gasteiger charge is -2.11. The number of aromatic nitrogens is 1. The van der Waals surface area contributed by atoms with Crippen LogP contribution < -0.4 is 5.32 Å². The molecule has 108 valence electrons. The predicted octanol–water partition coefficient (Wildman–Crippen LogP) is 4.21. The second-order valence-corrected chi connectivity index (χ2v) is 6.14. The van der Waals surface area contributed by atoms with Gasteiger partial charge in [0.05, 0.1) is 16.3 Å². The number of pyridine rings is 1. The minimum absolute atomic E-state index is 0.0430. The van der Waals surface area contributed by atoms with Crippen LogP contribution in [0.5, 0.6) is 0 Å². The van der Waals surface area contributed by atoms with Gasteiger partial charge in [0, 0.05) is 15.1 Å². The fourth-order valence-electron chi connectivity index (χ4n) is 1.56. The van der Waals surface area contributed by atoms with Crippen molar-refractivity contribution >= 4 is 61.0 Å². The second-order valence-electron chi connectivity index (χ2n) is 3.93. The molecule has 5 nitrogen and oxygen atoms in total. The van der Waals surface area contributed by atoms with Crippen LogP contribution in [-0.4, -0.2) is 22.0 Å². The number of benzene rings is 1. The molecule has 2 rings (SSSR count). The van der Waals surface area contributed by atoms with Gasteiger partial charge in [-0.2, -0.15) is 0 Å². The van der Waals surface area contributed by atoms with E-state index in [0.717, 1.165) is 0 Å². The molecule has 21 heavy (non-hydrogen) atoms. The van der Waals surface area contributed by atoms with Crippen LogP contribution in [0.25, 0.3) is 0 Å². The maximum atomic E-state index is 12.1. The lowest BCUT2D eigenvalue weighted by atomic mass is 10.1. The molecule has 0 aliphatic heterocycles. The first-order valence-electron chi connectivity index (χ1n) is 5.53. The number of nitrogens with zero attached hydrogens (tertiary/aromatic N) is 1. The summed E-state index contributed by atoms with van der Waals surface area (Å²) in [6, 6.07) is 6.01. The van der Waals surface area contributed by atoms with Crippen LogP contribution in [0.15, 0.2) is 39.4 Å². The summed E-state index contributed by atoms with van der Waals surface area (Å²) in [4.78, 5) is 27.2. The monoisotopic (exact) mass is 432 g/mol. The van der Waals surface area contributed by atoms with Gasteiger partial charge in [0.25, 0.3) is 5.91 Å². The first kappa shape index (κ1) is 15.9. The smallest absolute Gasteiger partial charge is 0.337 e. The number of carbonyl (C=O) groups is 2. The number of amides is 1.